The number of nitrogens with zero attached hydrogens (tertiary/aromatic N) is 1. The van der Waals surface area contributed by atoms with Gasteiger partial charge in [-0.05, 0) is 12.1 Å². The number of hydrogen-bond donors (Lipinski definition) is 1. The van der Waals surface area contributed by atoms with E-state index in [-0.39, 0.29) is 10.6 Å². The molecule has 0 aromatic heterocycles. The lowest BCUT2D eigenvalue weighted by Crippen LogP contribution is -2.47. The van der Waals surface area contributed by atoms with E-state index in [4.69, 9.17) is 0 Å². The normalized spacial score (nSPS) is 11.3. The molecule has 0 heterocycles. The van der Waals surface area contributed by atoms with Gasteiger partial charge >= 0.3 is 0 Å². The third kappa shape index (κ3) is 2.91. The Hall–Kier alpha value is -1.92. The molecule has 100 valence electrons. The molecular weight excluding hydrogens is 267 g/mol. The summed E-state index contributed by atoms with van der Waals surface area (Å²) in [6.07, 6.45) is 0. The first kappa shape index (κ1) is 13.5. The van der Waals surface area contributed by atoms with Gasteiger partial charge in [0.2, 0.25) is 0 Å². The van der Waals surface area contributed by atoms with Crippen molar-refractivity contribution >= 4 is 15.7 Å². The molecule has 0 spiro atoms. The van der Waals surface area contributed by atoms with Gasteiger partial charge in [0.1, 0.15) is 22.4 Å². The molecule has 19 heavy (non-hydrogen) atoms. The highest BCUT2D eigenvalue weighted by Gasteiger charge is 2.11. The summed E-state index contributed by atoms with van der Waals surface area (Å²) in [6.45, 7) is 0.322. The molecule has 2 aromatic carbocycles. The third-order valence-electron chi connectivity index (χ3n) is 2.59. The van der Waals surface area contributed by atoms with Crippen LogP contribution in [0.15, 0.2) is 53.4 Å². The third-order valence-corrected chi connectivity index (χ3v) is 3.98. The Morgan fingerprint density at radius 2 is 1.68 bits per heavy atom. The van der Waals surface area contributed by atoms with E-state index in [1.54, 1.807) is 18.2 Å². The van der Waals surface area contributed by atoms with Crippen molar-refractivity contribution in [2.75, 3.05) is 0 Å². The van der Waals surface area contributed by atoms with Crippen LogP contribution >= 0.6 is 0 Å². The number of quaternary nitrogens is 1. The van der Waals surface area contributed by atoms with Gasteiger partial charge in [-0.2, -0.15) is 0 Å². The zero-order valence-electron chi connectivity index (χ0n) is 10.1. The summed E-state index contributed by atoms with van der Waals surface area (Å²) in [5.74, 6) is -0.668. The first-order chi connectivity index (χ1) is 9.04. The summed E-state index contributed by atoms with van der Waals surface area (Å²) in [7, 11) is -3.93. The van der Waals surface area contributed by atoms with Crippen LogP contribution in [0.3, 0.4) is 0 Å². The van der Waals surface area contributed by atoms with E-state index in [0.29, 0.717) is 12.1 Å². The molecule has 0 radical (unpaired) electrons. The Morgan fingerprint density at radius 1 is 1.05 bits per heavy atom. The number of hydrogen-bond acceptors (Lipinski definition) is 2. The molecule has 0 aliphatic carbocycles. The van der Waals surface area contributed by atoms with Gasteiger partial charge in [0.15, 0.2) is 0 Å². The van der Waals surface area contributed by atoms with Gasteiger partial charge in [-0.3, -0.25) is 0 Å². The number of sulfonamides is 1. The van der Waals surface area contributed by atoms with Crippen LogP contribution in [-0.4, -0.2) is 8.42 Å². The standard InChI is InChI=1S/C13H12FN2O2S/c14-11-6-2-3-7-12(11)16-19(17,18)13-8-4-1-5-10(13)9-15/h1-8H,9,15H2/q-1/p+1. The van der Waals surface area contributed by atoms with Crippen molar-refractivity contribution in [3.8, 4) is 0 Å². The molecule has 4 nitrogen and oxygen atoms in total. The van der Waals surface area contributed by atoms with Gasteiger partial charge in [0.05, 0.1) is 4.90 Å². The predicted molar refractivity (Wildman–Crippen MR) is 69.6 cm³/mol. The predicted octanol–water partition coefficient (Wildman–Crippen LogP) is 1.96. The van der Waals surface area contributed by atoms with E-state index in [9.17, 15) is 12.8 Å². The van der Waals surface area contributed by atoms with E-state index < -0.39 is 15.8 Å². The zero-order valence-corrected chi connectivity index (χ0v) is 10.9. The first-order valence-corrected chi connectivity index (χ1v) is 7.08. The van der Waals surface area contributed by atoms with Crippen LogP contribution in [0, 0.1) is 5.82 Å². The van der Waals surface area contributed by atoms with Gasteiger partial charge in [-0.15, -0.1) is 0 Å². The molecule has 0 unspecified atom stereocenters. The number of halogens is 1. The molecule has 0 aliphatic heterocycles. The minimum atomic E-state index is -3.93. The van der Waals surface area contributed by atoms with Gasteiger partial charge in [-0.1, -0.05) is 42.1 Å². The summed E-state index contributed by atoms with van der Waals surface area (Å²) < 4.78 is 41.3. The zero-order chi connectivity index (χ0) is 13.9. The largest absolute Gasteiger partial charge is 0.570 e. The van der Waals surface area contributed by atoms with Crippen molar-refractivity contribution in [1.82, 2.24) is 0 Å². The van der Waals surface area contributed by atoms with Crippen LogP contribution < -0.4 is 5.73 Å². The monoisotopic (exact) mass is 280 g/mol. The smallest absolute Gasteiger partial charge is 0.123 e. The summed E-state index contributed by atoms with van der Waals surface area (Å²) in [6, 6.07) is 11.9. The van der Waals surface area contributed by atoms with Crippen LogP contribution in [0.2, 0.25) is 0 Å². The quantitative estimate of drug-likeness (QED) is 0.929. The second-order valence-corrected chi connectivity index (χ2v) is 5.45. The average molecular weight is 280 g/mol. The molecule has 0 saturated heterocycles. The molecule has 3 N–H and O–H groups in total. The Bertz CT molecular complexity index is 687. The van der Waals surface area contributed by atoms with E-state index >= 15 is 0 Å². The Labute approximate surface area is 111 Å². The molecule has 6 heteroatoms. The molecule has 2 aromatic rings. The second kappa shape index (κ2) is 5.38. The SMILES string of the molecule is [NH3+]Cc1ccccc1S(=O)(=O)[N-]c1ccccc1F. The summed E-state index contributed by atoms with van der Waals surface area (Å²) in [4.78, 5) is 0.0632. The highest BCUT2D eigenvalue weighted by Crippen LogP contribution is 2.30. The van der Waals surface area contributed by atoms with Gasteiger partial charge in [0.25, 0.3) is 0 Å². The van der Waals surface area contributed by atoms with E-state index in [1.807, 2.05) is 0 Å². The fraction of sp³-hybridized carbons (Fsp3) is 0.0769. The van der Waals surface area contributed by atoms with E-state index in [1.165, 1.54) is 30.3 Å². The molecule has 0 fully saturated rings. The lowest BCUT2D eigenvalue weighted by Gasteiger charge is -2.23. The van der Waals surface area contributed by atoms with Crippen LogP contribution in [-0.2, 0) is 16.6 Å². The van der Waals surface area contributed by atoms with Gasteiger partial charge < -0.3 is 10.5 Å². The van der Waals surface area contributed by atoms with Crippen LogP contribution in [0.4, 0.5) is 10.1 Å². The summed E-state index contributed by atoms with van der Waals surface area (Å²) in [5.41, 5.74) is 4.04. The molecule has 0 saturated carbocycles. The maximum Gasteiger partial charge on any atom is 0.123 e. The summed E-state index contributed by atoms with van der Waals surface area (Å²) in [5, 5.41) is 0. The topological polar surface area (TPSA) is 75.9 Å². The van der Waals surface area contributed by atoms with Crippen molar-refractivity contribution < 1.29 is 18.5 Å². The van der Waals surface area contributed by atoms with E-state index in [2.05, 4.69) is 10.5 Å². The molecule has 0 atom stereocenters. The van der Waals surface area contributed by atoms with E-state index in [0.717, 1.165) is 0 Å². The highest BCUT2D eigenvalue weighted by molar-refractivity contribution is 7.94. The maximum atomic E-state index is 13.4. The van der Waals surface area contributed by atoms with Crippen molar-refractivity contribution in [2.45, 2.75) is 11.4 Å². The maximum absolute atomic E-state index is 13.4. The molecule has 2 rings (SSSR count). The van der Waals surface area contributed by atoms with Crippen LogP contribution in [0.25, 0.3) is 4.72 Å². The summed E-state index contributed by atoms with van der Waals surface area (Å²) >= 11 is 0. The number of rotatable bonds is 4. The van der Waals surface area contributed by atoms with Crippen molar-refractivity contribution in [3.05, 3.63) is 64.6 Å². The Kier molecular flexibility index (Phi) is 3.82. The van der Waals surface area contributed by atoms with Gasteiger partial charge in [0, 0.05) is 5.56 Å². The lowest BCUT2D eigenvalue weighted by atomic mass is 10.2. The minimum Gasteiger partial charge on any atom is -0.570 e. The minimum absolute atomic E-state index is 0.0632. The van der Waals surface area contributed by atoms with Crippen molar-refractivity contribution in [2.24, 2.45) is 0 Å². The van der Waals surface area contributed by atoms with Crippen LogP contribution in [0.5, 0.6) is 0 Å². The molecular formula is C13H13FN2O2S. The Morgan fingerprint density at radius 3 is 2.37 bits per heavy atom. The lowest BCUT2D eigenvalue weighted by molar-refractivity contribution is -0.387. The van der Waals surface area contributed by atoms with Crippen LogP contribution in [0.1, 0.15) is 5.56 Å². The molecule has 0 amide bonds. The molecule has 0 aliphatic rings. The highest BCUT2D eigenvalue weighted by atomic mass is 32.2. The van der Waals surface area contributed by atoms with Crippen molar-refractivity contribution in [3.63, 3.8) is 0 Å². The average Bonchev–Trinajstić information content (AvgIpc) is 2.41. The first-order valence-electron chi connectivity index (χ1n) is 5.64. The van der Waals surface area contributed by atoms with Crippen molar-refractivity contribution in [1.29, 1.82) is 0 Å². The fourth-order valence-electron chi connectivity index (χ4n) is 1.67. The Balaban J connectivity index is 2.41. The fourth-order valence-corrected chi connectivity index (χ4v) is 2.92. The van der Waals surface area contributed by atoms with Gasteiger partial charge in [-0.25, -0.2) is 12.8 Å². The molecule has 0 bridgehead atoms. The number of benzene rings is 2. The second-order valence-electron chi connectivity index (χ2n) is 3.88.